The SMILES string of the molecule is COC(=O)Nc1nc(Cc2nc(-c3cccs3)no2)cs1. The fourth-order valence-corrected chi connectivity index (χ4v) is 2.92. The molecule has 3 aromatic heterocycles. The molecule has 0 saturated carbocycles. The van der Waals surface area contributed by atoms with E-state index in [4.69, 9.17) is 4.52 Å². The van der Waals surface area contributed by atoms with E-state index >= 15 is 0 Å². The Labute approximate surface area is 127 Å². The van der Waals surface area contributed by atoms with Gasteiger partial charge in [-0.2, -0.15) is 4.98 Å². The number of rotatable bonds is 4. The lowest BCUT2D eigenvalue weighted by Gasteiger charge is -1.97. The van der Waals surface area contributed by atoms with Gasteiger partial charge in [0, 0.05) is 5.38 Å². The number of amides is 1. The molecule has 7 nitrogen and oxygen atoms in total. The van der Waals surface area contributed by atoms with Crippen molar-refractivity contribution in [2.45, 2.75) is 6.42 Å². The average molecular weight is 322 g/mol. The van der Waals surface area contributed by atoms with Crippen LogP contribution in [0.4, 0.5) is 9.93 Å². The van der Waals surface area contributed by atoms with Crippen molar-refractivity contribution in [3.8, 4) is 10.7 Å². The van der Waals surface area contributed by atoms with Crippen LogP contribution in [-0.2, 0) is 11.2 Å². The highest BCUT2D eigenvalue weighted by atomic mass is 32.1. The zero-order valence-corrected chi connectivity index (χ0v) is 12.5. The molecule has 0 aliphatic heterocycles. The van der Waals surface area contributed by atoms with Crippen LogP contribution in [0.25, 0.3) is 10.7 Å². The second kappa shape index (κ2) is 6.02. The molecule has 3 heterocycles. The Kier molecular flexibility index (Phi) is 3.93. The standard InChI is InChI=1S/C12H10N4O3S2/c1-18-12(17)15-11-13-7(6-21-11)5-9-14-10(16-19-9)8-3-2-4-20-8/h2-4,6H,5H2,1H3,(H,13,15,17). The number of aromatic nitrogens is 3. The zero-order chi connectivity index (χ0) is 14.7. The normalized spacial score (nSPS) is 10.5. The minimum Gasteiger partial charge on any atom is -0.453 e. The Morgan fingerprint density at radius 2 is 2.33 bits per heavy atom. The lowest BCUT2D eigenvalue weighted by molar-refractivity contribution is 0.187. The summed E-state index contributed by atoms with van der Waals surface area (Å²) < 4.78 is 9.71. The van der Waals surface area contributed by atoms with E-state index in [1.807, 2.05) is 22.9 Å². The summed E-state index contributed by atoms with van der Waals surface area (Å²) in [5, 5.41) is 10.7. The first-order valence-corrected chi connectivity index (χ1v) is 7.66. The van der Waals surface area contributed by atoms with Gasteiger partial charge in [-0.25, -0.2) is 9.78 Å². The van der Waals surface area contributed by atoms with Gasteiger partial charge in [0.1, 0.15) is 0 Å². The third-order valence-electron chi connectivity index (χ3n) is 2.49. The molecule has 0 unspecified atom stereocenters. The molecule has 1 N–H and O–H groups in total. The van der Waals surface area contributed by atoms with Crippen molar-refractivity contribution in [3.05, 3.63) is 34.5 Å². The molecule has 0 saturated heterocycles. The van der Waals surface area contributed by atoms with Gasteiger partial charge in [0.25, 0.3) is 0 Å². The van der Waals surface area contributed by atoms with E-state index in [0.29, 0.717) is 23.3 Å². The second-order valence-corrected chi connectivity index (χ2v) is 5.73. The Hall–Kier alpha value is -2.26. The molecule has 0 spiro atoms. The smallest absolute Gasteiger partial charge is 0.413 e. The van der Waals surface area contributed by atoms with Gasteiger partial charge >= 0.3 is 6.09 Å². The maximum atomic E-state index is 11.1. The van der Waals surface area contributed by atoms with Crippen LogP contribution in [-0.4, -0.2) is 28.3 Å². The van der Waals surface area contributed by atoms with E-state index in [-0.39, 0.29) is 0 Å². The number of methoxy groups -OCH3 is 1. The van der Waals surface area contributed by atoms with Crippen molar-refractivity contribution in [2.75, 3.05) is 12.4 Å². The summed E-state index contributed by atoms with van der Waals surface area (Å²) in [6.45, 7) is 0. The Morgan fingerprint density at radius 1 is 1.43 bits per heavy atom. The fraction of sp³-hybridized carbons (Fsp3) is 0.167. The summed E-state index contributed by atoms with van der Waals surface area (Å²) in [4.78, 5) is 20.6. The van der Waals surface area contributed by atoms with Crippen molar-refractivity contribution < 1.29 is 14.1 Å². The lowest BCUT2D eigenvalue weighted by atomic mass is 10.3. The molecule has 0 fully saturated rings. The highest BCUT2D eigenvalue weighted by Crippen LogP contribution is 2.23. The molecule has 3 rings (SSSR count). The van der Waals surface area contributed by atoms with Gasteiger partial charge in [0.05, 0.1) is 24.1 Å². The monoisotopic (exact) mass is 322 g/mol. The maximum Gasteiger partial charge on any atom is 0.413 e. The molecule has 21 heavy (non-hydrogen) atoms. The summed E-state index contributed by atoms with van der Waals surface area (Å²) >= 11 is 2.86. The highest BCUT2D eigenvalue weighted by molar-refractivity contribution is 7.14. The predicted molar refractivity (Wildman–Crippen MR) is 78.6 cm³/mol. The molecule has 0 aliphatic carbocycles. The van der Waals surface area contributed by atoms with Gasteiger partial charge in [-0.15, -0.1) is 22.7 Å². The minimum absolute atomic E-state index is 0.414. The molecule has 0 radical (unpaired) electrons. The van der Waals surface area contributed by atoms with E-state index in [0.717, 1.165) is 10.6 Å². The number of thiophene rings is 1. The van der Waals surface area contributed by atoms with Crippen LogP contribution in [0.15, 0.2) is 27.4 Å². The fourth-order valence-electron chi connectivity index (χ4n) is 1.57. The van der Waals surface area contributed by atoms with Crippen molar-refractivity contribution in [1.29, 1.82) is 0 Å². The number of hydrogen-bond acceptors (Lipinski definition) is 8. The van der Waals surface area contributed by atoms with Gasteiger partial charge in [0.2, 0.25) is 11.7 Å². The topological polar surface area (TPSA) is 90.1 Å². The van der Waals surface area contributed by atoms with Crippen molar-refractivity contribution in [2.24, 2.45) is 0 Å². The molecule has 108 valence electrons. The first-order valence-electron chi connectivity index (χ1n) is 5.90. The molecule has 0 atom stereocenters. The van der Waals surface area contributed by atoms with E-state index in [9.17, 15) is 4.79 Å². The third-order valence-corrected chi connectivity index (χ3v) is 4.16. The van der Waals surface area contributed by atoms with E-state index < -0.39 is 6.09 Å². The van der Waals surface area contributed by atoms with Crippen LogP contribution >= 0.6 is 22.7 Å². The molecule has 3 aromatic rings. The number of nitrogens with one attached hydrogen (secondary N) is 1. The summed E-state index contributed by atoms with van der Waals surface area (Å²) in [6, 6.07) is 3.86. The van der Waals surface area contributed by atoms with Gasteiger partial charge in [-0.05, 0) is 11.4 Å². The molecule has 9 heteroatoms. The number of hydrogen-bond donors (Lipinski definition) is 1. The number of carbonyl (C=O) groups is 1. The molecular weight excluding hydrogens is 312 g/mol. The van der Waals surface area contributed by atoms with E-state index in [1.165, 1.54) is 18.4 Å². The maximum absolute atomic E-state index is 11.1. The van der Waals surface area contributed by atoms with Gasteiger partial charge < -0.3 is 9.26 Å². The first kappa shape index (κ1) is 13.7. The van der Waals surface area contributed by atoms with Crippen LogP contribution < -0.4 is 5.32 Å². The van der Waals surface area contributed by atoms with Crippen LogP contribution in [0.1, 0.15) is 11.6 Å². The summed E-state index contributed by atoms with van der Waals surface area (Å²) in [5.74, 6) is 1.05. The van der Waals surface area contributed by atoms with E-state index in [1.54, 1.807) is 11.3 Å². The number of thiazole rings is 1. The predicted octanol–water partition coefficient (Wildman–Crippen LogP) is 3.02. The number of ether oxygens (including phenoxy) is 1. The number of nitrogens with zero attached hydrogens (tertiary/aromatic N) is 3. The van der Waals surface area contributed by atoms with Crippen LogP contribution in [0.3, 0.4) is 0 Å². The van der Waals surface area contributed by atoms with Crippen molar-refractivity contribution in [1.82, 2.24) is 15.1 Å². The summed E-state index contributed by atoms with van der Waals surface area (Å²) in [6.07, 6.45) is -0.133. The largest absolute Gasteiger partial charge is 0.453 e. The van der Waals surface area contributed by atoms with Crippen LogP contribution in [0.5, 0.6) is 0 Å². The minimum atomic E-state index is -0.548. The Balaban J connectivity index is 1.68. The lowest BCUT2D eigenvalue weighted by Crippen LogP contribution is -2.10. The second-order valence-electron chi connectivity index (χ2n) is 3.93. The number of anilines is 1. The van der Waals surface area contributed by atoms with Gasteiger partial charge in [-0.1, -0.05) is 11.2 Å². The van der Waals surface area contributed by atoms with Crippen LogP contribution in [0, 0.1) is 0 Å². The van der Waals surface area contributed by atoms with E-state index in [2.05, 4.69) is 25.2 Å². The quantitative estimate of drug-likeness (QED) is 0.794. The summed E-state index contributed by atoms with van der Waals surface area (Å²) in [7, 11) is 1.30. The van der Waals surface area contributed by atoms with Crippen molar-refractivity contribution >= 4 is 33.9 Å². The van der Waals surface area contributed by atoms with Crippen LogP contribution in [0.2, 0.25) is 0 Å². The first-order chi connectivity index (χ1) is 10.2. The Morgan fingerprint density at radius 3 is 3.10 bits per heavy atom. The highest BCUT2D eigenvalue weighted by Gasteiger charge is 2.12. The third kappa shape index (κ3) is 3.26. The Bertz CT molecular complexity index is 735. The molecule has 0 bridgehead atoms. The molecule has 0 aromatic carbocycles. The van der Waals surface area contributed by atoms with Gasteiger partial charge in [-0.3, -0.25) is 5.32 Å². The zero-order valence-electron chi connectivity index (χ0n) is 10.9. The molecule has 0 aliphatic rings. The average Bonchev–Trinajstić information content (AvgIpc) is 3.19. The summed E-state index contributed by atoms with van der Waals surface area (Å²) in [5.41, 5.74) is 0.743. The molecular formula is C12H10N4O3S2. The van der Waals surface area contributed by atoms with Crippen molar-refractivity contribution in [3.63, 3.8) is 0 Å². The van der Waals surface area contributed by atoms with Gasteiger partial charge in [0.15, 0.2) is 5.13 Å². The number of carbonyl (C=O) groups excluding carboxylic acids is 1. The molecule has 1 amide bonds.